The average molecular weight is 261 g/mol. The van der Waals surface area contributed by atoms with Crippen LogP contribution in [0, 0.1) is 0 Å². The van der Waals surface area contributed by atoms with Crippen molar-refractivity contribution >= 4 is 0 Å². The third kappa shape index (κ3) is 3.78. The first-order chi connectivity index (χ1) is 9.24. The number of hydrogen-bond donors (Lipinski definition) is 1. The first-order valence-electron chi connectivity index (χ1n) is 7.46. The fourth-order valence-corrected chi connectivity index (χ4v) is 2.85. The van der Waals surface area contributed by atoms with Crippen molar-refractivity contribution in [2.75, 3.05) is 39.8 Å². The highest BCUT2D eigenvalue weighted by atomic mass is 15.2. The van der Waals surface area contributed by atoms with E-state index >= 15 is 0 Å². The zero-order chi connectivity index (χ0) is 13.7. The summed E-state index contributed by atoms with van der Waals surface area (Å²) < 4.78 is 0. The van der Waals surface area contributed by atoms with Crippen molar-refractivity contribution in [2.45, 2.75) is 25.8 Å². The van der Waals surface area contributed by atoms with Gasteiger partial charge < -0.3 is 10.6 Å². The number of hydrogen-bond acceptors (Lipinski definition) is 3. The maximum Gasteiger partial charge on any atom is 0.0471 e. The van der Waals surface area contributed by atoms with E-state index in [-0.39, 0.29) is 0 Å². The van der Waals surface area contributed by atoms with Crippen LogP contribution in [0.5, 0.6) is 0 Å². The van der Waals surface area contributed by atoms with Crippen LogP contribution in [0.25, 0.3) is 0 Å². The second kappa shape index (κ2) is 7.04. The number of benzene rings is 1. The lowest BCUT2D eigenvalue weighted by molar-refractivity contribution is 0.208. The minimum Gasteiger partial charge on any atom is -0.329 e. The van der Waals surface area contributed by atoms with Gasteiger partial charge in [-0.3, -0.25) is 4.90 Å². The molecule has 1 aromatic rings. The SMILES string of the molecule is CCc1ccc(C(CN)N2CCCN(C)CC2)cc1. The molecule has 19 heavy (non-hydrogen) atoms. The first kappa shape index (κ1) is 14.5. The maximum absolute atomic E-state index is 6.04. The van der Waals surface area contributed by atoms with E-state index in [4.69, 9.17) is 5.73 Å². The molecule has 1 atom stereocenters. The van der Waals surface area contributed by atoms with Gasteiger partial charge in [-0.1, -0.05) is 31.2 Å². The van der Waals surface area contributed by atoms with Crippen molar-refractivity contribution in [1.29, 1.82) is 0 Å². The Balaban J connectivity index is 2.09. The van der Waals surface area contributed by atoms with E-state index in [1.807, 2.05) is 0 Å². The number of likely N-dealkylation sites (N-methyl/N-ethyl adjacent to an activating group) is 1. The molecule has 0 aliphatic carbocycles. The minimum absolute atomic E-state index is 0.373. The quantitative estimate of drug-likeness (QED) is 0.898. The molecule has 1 saturated heterocycles. The van der Waals surface area contributed by atoms with Gasteiger partial charge in [-0.2, -0.15) is 0 Å². The Bertz CT molecular complexity index is 374. The monoisotopic (exact) mass is 261 g/mol. The molecule has 1 aromatic carbocycles. The predicted octanol–water partition coefficient (Wildman–Crippen LogP) is 1.89. The molecule has 1 heterocycles. The van der Waals surface area contributed by atoms with Crippen molar-refractivity contribution in [3.63, 3.8) is 0 Å². The molecular formula is C16H27N3. The third-order valence-corrected chi connectivity index (χ3v) is 4.19. The number of nitrogens with zero attached hydrogens (tertiary/aromatic N) is 2. The molecule has 3 heteroatoms. The first-order valence-corrected chi connectivity index (χ1v) is 7.46. The molecule has 1 aliphatic heterocycles. The van der Waals surface area contributed by atoms with Crippen molar-refractivity contribution in [1.82, 2.24) is 9.80 Å². The molecule has 0 bridgehead atoms. The second-order valence-corrected chi connectivity index (χ2v) is 5.54. The Kier molecular flexibility index (Phi) is 5.37. The maximum atomic E-state index is 6.04. The van der Waals surface area contributed by atoms with Gasteiger partial charge in [0.1, 0.15) is 0 Å². The topological polar surface area (TPSA) is 32.5 Å². The van der Waals surface area contributed by atoms with Crippen LogP contribution in [0.15, 0.2) is 24.3 Å². The summed E-state index contributed by atoms with van der Waals surface area (Å²) in [6.07, 6.45) is 2.34. The van der Waals surface area contributed by atoms with E-state index in [9.17, 15) is 0 Å². The summed E-state index contributed by atoms with van der Waals surface area (Å²) in [7, 11) is 2.21. The van der Waals surface area contributed by atoms with Crippen LogP contribution < -0.4 is 5.73 Å². The standard InChI is InChI=1S/C16H27N3/c1-3-14-5-7-15(8-6-14)16(13-17)19-10-4-9-18(2)11-12-19/h5-8,16H,3-4,9-13,17H2,1-2H3. The highest BCUT2D eigenvalue weighted by molar-refractivity contribution is 5.25. The molecule has 2 N–H and O–H groups in total. The zero-order valence-corrected chi connectivity index (χ0v) is 12.3. The van der Waals surface area contributed by atoms with E-state index in [0.29, 0.717) is 12.6 Å². The fraction of sp³-hybridized carbons (Fsp3) is 0.625. The smallest absolute Gasteiger partial charge is 0.0471 e. The summed E-state index contributed by atoms with van der Waals surface area (Å²) in [4.78, 5) is 4.96. The van der Waals surface area contributed by atoms with Gasteiger partial charge in [-0.25, -0.2) is 0 Å². The van der Waals surface area contributed by atoms with E-state index in [0.717, 1.165) is 26.1 Å². The Labute approximate surface area is 117 Å². The van der Waals surface area contributed by atoms with Crippen LogP contribution in [0.4, 0.5) is 0 Å². The van der Waals surface area contributed by atoms with Crippen LogP contribution in [0.2, 0.25) is 0 Å². The lowest BCUT2D eigenvalue weighted by atomic mass is 10.0. The third-order valence-electron chi connectivity index (χ3n) is 4.19. The van der Waals surface area contributed by atoms with Crippen molar-refractivity contribution in [3.05, 3.63) is 35.4 Å². The van der Waals surface area contributed by atoms with E-state index in [1.165, 1.54) is 24.1 Å². The van der Waals surface area contributed by atoms with Gasteiger partial charge in [0.05, 0.1) is 0 Å². The molecule has 1 fully saturated rings. The molecule has 0 spiro atoms. The Morgan fingerprint density at radius 3 is 2.47 bits per heavy atom. The van der Waals surface area contributed by atoms with Gasteiger partial charge in [0.15, 0.2) is 0 Å². The lowest BCUT2D eigenvalue weighted by Gasteiger charge is -2.30. The zero-order valence-electron chi connectivity index (χ0n) is 12.3. The molecule has 2 rings (SSSR count). The number of aryl methyl sites for hydroxylation is 1. The van der Waals surface area contributed by atoms with Gasteiger partial charge in [0, 0.05) is 32.2 Å². The van der Waals surface area contributed by atoms with Crippen LogP contribution in [-0.4, -0.2) is 49.6 Å². The number of rotatable bonds is 4. The Morgan fingerprint density at radius 1 is 1.11 bits per heavy atom. The molecule has 0 radical (unpaired) electrons. The van der Waals surface area contributed by atoms with E-state index in [2.05, 4.69) is 48.0 Å². The molecule has 0 saturated carbocycles. The summed E-state index contributed by atoms with van der Waals surface area (Å²) in [5.41, 5.74) is 8.80. The Hall–Kier alpha value is -0.900. The van der Waals surface area contributed by atoms with Crippen LogP contribution in [-0.2, 0) is 6.42 Å². The van der Waals surface area contributed by atoms with Crippen LogP contribution >= 0.6 is 0 Å². The summed E-state index contributed by atoms with van der Waals surface area (Å²) in [5, 5.41) is 0. The number of nitrogens with two attached hydrogens (primary N) is 1. The predicted molar refractivity (Wildman–Crippen MR) is 81.3 cm³/mol. The normalized spacial score (nSPS) is 20.2. The largest absolute Gasteiger partial charge is 0.329 e. The molecule has 1 aliphatic rings. The molecule has 106 valence electrons. The van der Waals surface area contributed by atoms with Crippen LogP contribution in [0.3, 0.4) is 0 Å². The van der Waals surface area contributed by atoms with Gasteiger partial charge in [-0.15, -0.1) is 0 Å². The van der Waals surface area contributed by atoms with Crippen molar-refractivity contribution < 1.29 is 0 Å². The van der Waals surface area contributed by atoms with Crippen LogP contribution in [0.1, 0.15) is 30.5 Å². The van der Waals surface area contributed by atoms with E-state index in [1.54, 1.807) is 0 Å². The summed E-state index contributed by atoms with van der Waals surface area (Å²) in [6.45, 7) is 7.51. The summed E-state index contributed by atoms with van der Waals surface area (Å²) in [5.74, 6) is 0. The highest BCUT2D eigenvalue weighted by Crippen LogP contribution is 2.21. The van der Waals surface area contributed by atoms with Gasteiger partial charge in [-0.05, 0) is 37.6 Å². The second-order valence-electron chi connectivity index (χ2n) is 5.54. The van der Waals surface area contributed by atoms with Gasteiger partial charge in [0.25, 0.3) is 0 Å². The van der Waals surface area contributed by atoms with E-state index < -0.39 is 0 Å². The highest BCUT2D eigenvalue weighted by Gasteiger charge is 2.21. The minimum atomic E-state index is 0.373. The van der Waals surface area contributed by atoms with Gasteiger partial charge >= 0.3 is 0 Å². The van der Waals surface area contributed by atoms with Gasteiger partial charge in [0.2, 0.25) is 0 Å². The summed E-state index contributed by atoms with van der Waals surface area (Å²) in [6, 6.07) is 9.36. The Morgan fingerprint density at radius 2 is 1.84 bits per heavy atom. The fourth-order valence-electron chi connectivity index (χ4n) is 2.85. The van der Waals surface area contributed by atoms with Crippen molar-refractivity contribution in [2.24, 2.45) is 5.73 Å². The average Bonchev–Trinajstić information content (AvgIpc) is 2.66. The lowest BCUT2D eigenvalue weighted by Crippen LogP contribution is -2.36. The molecule has 3 nitrogen and oxygen atoms in total. The summed E-state index contributed by atoms with van der Waals surface area (Å²) >= 11 is 0. The molecule has 0 amide bonds. The molecule has 1 unspecified atom stereocenters. The van der Waals surface area contributed by atoms with Crippen molar-refractivity contribution in [3.8, 4) is 0 Å². The molecular weight excluding hydrogens is 234 g/mol. The molecule has 0 aromatic heterocycles.